The highest BCUT2D eigenvalue weighted by Gasteiger charge is 2.35. The first kappa shape index (κ1) is 15.7. The molecule has 0 saturated heterocycles. The topological polar surface area (TPSA) is 69.6 Å². The van der Waals surface area contributed by atoms with Crippen LogP contribution >= 0.6 is 0 Å². The van der Waals surface area contributed by atoms with Crippen molar-refractivity contribution in [2.75, 3.05) is 7.05 Å². The Morgan fingerprint density at radius 3 is 2.35 bits per heavy atom. The van der Waals surface area contributed by atoms with Crippen LogP contribution in [-0.4, -0.2) is 40.6 Å². The van der Waals surface area contributed by atoms with Gasteiger partial charge in [0.2, 0.25) is 0 Å². The smallest absolute Gasteiger partial charge is 0.329 e. The summed E-state index contributed by atoms with van der Waals surface area (Å²) in [5.74, 6) is -1.02. The van der Waals surface area contributed by atoms with Crippen LogP contribution < -0.4 is 5.32 Å². The third-order valence-corrected chi connectivity index (χ3v) is 3.03. The maximum atomic E-state index is 11.8. The number of rotatable bonds is 6. The minimum Gasteiger partial charge on any atom is -0.480 e. The first-order valence-corrected chi connectivity index (χ1v) is 6.01. The molecule has 0 aromatic heterocycles. The van der Waals surface area contributed by atoms with Gasteiger partial charge in [-0.05, 0) is 27.2 Å². The molecular formula is C12H24N2O3. The Hall–Kier alpha value is -1.26. The molecule has 0 bridgehead atoms. The Labute approximate surface area is 103 Å². The molecule has 0 fully saturated rings. The summed E-state index contributed by atoms with van der Waals surface area (Å²) in [5, 5.41) is 11.8. The maximum absolute atomic E-state index is 11.8. The second kappa shape index (κ2) is 6.47. The van der Waals surface area contributed by atoms with Crippen molar-refractivity contribution in [1.82, 2.24) is 10.2 Å². The van der Waals surface area contributed by atoms with Gasteiger partial charge in [-0.25, -0.2) is 9.59 Å². The normalized spacial score (nSPS) is 13.0. The summed E-state index contributed by atoms with van der Waals surface area (Å²) in [5.41, 5.74) is -1.20. The quantitative estimate of drug-likeness (QED) is 0.751. The van der Waals surface area contributed by atoms with E-state index in [0.29, 0.717) is 0 Å². The fraction of sp³-hybridized carbons (Fsp3) is 0.833. The summed E-state index contributed by atoms with van der Waals surface area (Å²) >= 11 is 0. The molecule has 1 atom stereocenters. The SMILES string of the molecule is CCCCC(C)NC(=O)N(C)C(C)(C)C(=O)O. The van der Waals surface area contributed by atoms with E-state index in [2.05, 4.69) is 12.2 Å². The molecule has 0 heterocycles. The lowest BCUT2D eigenvalue weighted by molar-refractivity contribution is -0.146. The van der Waals surface area contributed by atoms with Crippen molar-refractivity contribution in [1.29, 1.82) is 0 Å². The van der Waals surface area contributed by atoms with E-state index in [1.54, 1.807) is 0 Å². The molecule has 0 spiro atoms. The fourth-order valence-corrected chi connectivity index (χ4v) is 1.29. The minimum absolute atomic E-state index is 0.0643. The van der Waals surface area contributed by atoms with E-state index in [4.69, 9.17) is 5.11 Å². The first-order valence-electron chi connectivity index (χ1n) is 6.01. The van der Waals surface area contributed by atoms with Gasteiger partial charge in [0.25, 0.3) is 0 Å². The number of aliphatic carboxylic acids is 1. The van der Waals surface area contributed by atoms with Gasteiger partial charge in [-0.2, -0.15) is 0 Å². The van der Waals surface area contributed by atoms with Gasteiger partial charge in [-0.15, -0.1) is 0 Å². The van der Waals surface area contributed by atoms with E-state index in [9.17, 15) is 9.59 Å². The second-order valence-electron chi connectivity index (χ2n) is 4.92. The van der Waals surface area contributed by atoms with Gasteiger partial charge in [-0.1, -0.05) is 19.8 Å². The van der Waals surface area contributed by atoms with Gasteiger partial charge in [0.1, 0.15) is 5.54 Å². The van der Waals surface area contributed by atoms with Gasteiger partial charge >= 0.3 is 12.0 Å². The number of amides is 2. The van der Waals surface area contributed by atoms with E-state index in [0.717, 1.165) is 19.3 Å². The lowest BCUT2D eigenvalue weighted by atomic mass is 10.0. The van der Waals surface area contributed by atoms with Crippen molar-refractivity contribution < 1.29 is 14.7 Å². The number of unbranched alkanes of at least 4 members (excludes halogenated alkanes) is 1. The minimum atomic E-state index is -1.20. The molecule has 2 amide bonds. The number of hydrogen-bond donors (Lipinski definition) is 2. The lowest BCUT2D eigenvalue weighted by Gasteiger charge is -2.32. The van der Waals surface area contributed by atoms with Crippen LogP contribution in [0.5, 0.6) is 0 Å². The molecule has 0 saturated carbocycles. The zero-order valence-corrected chi connectivity index (χ0v) is 11.4. The third-order valence-electron chi connectivity index (χ3n) is 3.03. The molecule has 5 nitrogen and oxygen atoms in total. The van der Waals surface area contributed by atoms with Crippen LogP contribution in [0, 0.1) is 0 Å². The van der Waals surface area contributed by atoms with E-state index in [-0.39, 0.29) is 12.1 Å². The third kappa shape index (κ3) is 4.63. The monoisotopic (exact) mass is 244 g/mol. The Balaban J connectivity index is 4.36. The van der Waals surface area contributed by atoms with Gasteiger partial charge in [0, 0.05) is 13.1 Å². The van der Waals surface area contributed by atoms with E-state index >= 15 is 0 Å². The fourth-order valence-electron chi connectivity index (χ4n) is 1.29. The Morgan fingerprint density at radius 2 is 1.94 bits per heavy atom. The van der Waals surface area contributed by atoms with Gasteiger partial charge < -0.3 is 15.3 Å². The van der Waals surface area contributed by atoms with Crippen molar-refractivity contribution >= 4 is 12.0 Å². The van der Waals surface area contributed by atoms with Crippen molar-refractivity contribution in [3.63, 3.8) is 0 Å². The van der Waals surface area contributed by atoms with Crippen LogP contribution in [0.2, 0.25) is 0 Å². The van der Waals surface area contributed by atoms with Crippen molar-refractivity contribution in [2.45, 2.75) is 58.5 Å². The van der Waals surface area contributed by atoms with Crippen molar-refractivity contribution in [3.05, 3.63) is 0 Å². The van der Waals surface area contributed by atoms with E-state index in [1.807, 2.05) is 6.92 Å². The molecule has 0 aliphatic carbocycles. The van der Waals surface area contributed by atoms with Crippen LogP contribution in [0.4, 0.5) is 4.79 Å². The molecule has 2 N–H and O–H groups in total. The zero-order valence-electron chi connectivity index (χ0n) is 11.4. The average Bonchev–Trinajstić information content (AvgIpc) is 2.24. The van der Waals surface area contributed by atoms with Crippen molar-refractivity contribution in [2.24, 2.45) is 0 Å². The Morgan fingerprint density at radius 1 is 1.41 bits per heavy atom. The number of carboxylic acids is 1. The van der Waals surface area contributed by atoms with Crippen LogP contribution in [0.1, 0.15) is 47.0 Å². The predicted molar refractivity (Wildman–Crippen MR) is 67.0 cm³/mol. The van der Waals surface area contributed by atoms with Gasteiger partial charge in [0.05, 0.1) is 0 Å². The number of carboxylic acid groups (broad SMARTS) is 1. The molecule has 5 heteroatoms. The molecule has 0 aliphatic rings. The number of carbonyl (C=O) groups is 2. The molecule has 100 valence electrons. The molecule has 17 heavy (non-hydrogen) atoms. The summed E-state index contributed by atoms with van der Waals surface area (Å²) in [6.45, 7) is 7.03. The van der Waals surface area contributed by atoms with Crippen LogP contribution in [0.25, 0.3) is 0 Å². The van der Waals surface area contributed by atoms with Crippen LogP contribution in [0.15, 0.2) is 0 Å². The molecule has 0 aromatic rings. The number of hydrogen-bond acceptors (Lipinski definition) is 2. The highest BCUT2D eigenvalue weighted by atomic mass is 16.4. The Bertz CT molecular complexity index is 277. The molecule has 0 rings (SSSR count). The Kier molecular flexibility index (Phi) is 5.99. The van der Waals surface area contributed by atoms with Gasteiger partial charge in [0.15, 0.2) is 0 Å². The number of nitrogens with one attached hydrogen (secondary N) is 1. The largest absolute Gasteiger partial charge is 0.480 e. The van der Waals surface area contributed by atoms with E-state index < -0.39 is 11.5 Å². The average molecular weight is 244 g/mol. The summed E-state index contributed by atoms with van der Waals surface area (Å²) in [6.07, 6.45) is 3.04. The number of urea groups is 1. The van der Waals surface area contributed by atoms with Crippen LogP contribution in [0.3, 0.4) is 0 Å². The lowest BCUT2D eigenvalue weighted by Crippen LogP contribution is -2.55. The molecular weight excluding hydrogens is 220 g/mol. The molecule has 0 radical (unpaired) electrons. The second-order valence-corrected chi connectivity index (χ2v) is 4.92. The molecule has 1 unspecified atom stereocenters. The summed E-state index contributed by atoms with van der Waals surface area (Å²) in [4.78, 5) is 24.0. The van der Waals surface area contributed by atoms with Crippen molar-refractivity contribution in [3.8, 4) is 0 Å². The number of nitrogens with zero attached hydrogens (tertiary/aromatic N) is 1. The molecule has 0 aliphatic heterocycles. The van der Waals surface area contributed by atoms with Crippen LogP contribution in [-0.2, 0) is 4.79 Å². The summed E-state index contributed by atoms with van der Waals surface area (Å²) in [6, 6.07) is -0.282. The summed E-state index contributed by atoms with van der Waals surface area (Å²) < 4.78 is 0. The highest BCUT2D eigenvalue weighted by molar-refractivity contribution is 5.85. The highest BCUT2D eigenvalue weighted by Crippen LogP contribution is 2.13. The van der Waals surface area contributed by atoms with Gasteiger partial charge in [-0.3, -0.25) is 0 Å². The first-order chi connectivity index (χ1) is 7.73. The number of carbonyl (C=O) groups excluding carboxylic acids is 1. The maximum Gasteiger partial charge on any atom is 0.329 e. The molecule has 0 aromatic carbocycles. The standard InChI is InChI=1S/C12H24N2O3/c1-6-7-8-9(2)13-11(17)14(5)12(3,4)10(15)16/h9H,6-8H2,1-5H3,(H,13,17)(H,15,16). The zero-order chi connectivity index (χ0) is 13.6. The predicted octanol–water partition coefficient (Wildman–Crippen LogP) is 2.07. The van der Waals surface area contributed by atoms with E-state index in [1.165, 1.54) is 25.8 Å². The number of likely N-dealkylation sites (N-methyl/N-ethyl adjacent to an activating group) is 1. The summed E-state index contributed by atoms with van der Waals surface area (Å²) in [7, 11) is 1.50.